The van der Waals surface area contributed by atoms with Crippen LogP contribution >= 0.6 is 11.6 Å². The maximum Gasteiger partial charge on any atom is 0.315 e. The summed E-state index contributed by atoms with van der Waals surface area (Å²) in [5.74, 6) is -0.744. The van der Waals surface area contributed by atoms with Crippen molar-refractivity contribution in [2.45, 2.75) is 18.8 Å². The fraction of sp³-hybridized carbons (Fsp3) is 0.263. The van der Waals surface area contributed by atoms with E-state index in [1.165, 1.54) is 7.11 Å². The summed E-state index contributed by atoms with van der Waals surface area (Å²) >= 11 is 5.96. The molecule has 2 rings (SSSR count). The van der Waals surface area contributed by atoms with E-state index in [4.69, 9.17) is 16.3 Å². The number of ether oxygens (including phenoxy) is 1. The average Bonchev–Trinajstić information content (AvgIpc) is 2.60. The number of methoxy groups -OCH3 is 1. The lowest BCUT2D eigenvalue weighted by Crippen LogP contribution is -2.44. The highest BCUT2D eigenvalue weighted by atomic mass is 35.5. The van der Waals surface area contributed by atoms with Gasteiger partial charge in [0.2, 0.25) is 5.91 Å². The second kappa shape index (κ2) is 8.03. The van der Waals surface area contributed by atoms with Crippen LogP contribution in [0.4, 0.5) is 0 Å². The van der Waals surface area contributed by atoms with E-state index in [1.807, 2.05) is 6.07 Å². The van der Waals surface area contributed by atoms with Crippen LogP contribution in [0.5, 0.6) is 5.75 Å². The van der Waals surface area contributed by atoms with Gasteiger partial charge in [-0.25, -0.2) is 0 Å². The van der Waals surface area contributed by atoms with E-state index in [9.17, 15) is 14.7 Å². The van der Waals surface area contributed by atoms with Gasteiger partial charge in [0.1, 0.15) is 11.2 Å². The van der Waals surface area contributed by atoms with E-state index in [0.717, 1.165) is 0 Å². The zero-order chi connectivity index (χ0) is 18.4. The Morgan fingerprint density at radius 3 is 2.48 bits per heavy atom. The third-order valence-corrected chi connectivity index (χ3v) is 4.35. The molecule has 25 heavy (non-hydrogen) atoms. The summed E-state index contributed by atoms with van der Waals surface area (Å²) in [6, 6.07) is 13.9. The molecule has 2 aromatic rings. The summed E-state index contributed by atoms with van der Waals surface area (Å²) in [5, 5.41) is 12.8. The first kappa shape index (κ1) is 18.8. The minimum atomic E-state index is -1.21. The van der Waals surface area contributed by atoms with Crippen molar-refractivity contribution in [3.8, 4) is 5.75 Å². The summed E-state index contributed by atoms with van der Waals surface area (Å²) in [7, 11) is 1.52. The van der Waals surface area contributed by atoms with Crippen molar-refractivity contribution in [2.75, 3.05) is 13.7 Å². The molecule has 1 amide bonds. The Morgan fingerprint density at radius 2 is 1.88 bits per heavy atom. The van der Waals surface area contributed by atoms with Gasteiger partial charge in [-0.15, -0.1) is 0 Å². The van der Waals surface area contributed by atoms with Gasteiger partial charge in [-0.05, 0) is 30.7 Å². The van der Waals surface area contributed by atoms with Crippen molar-refractivity contribution < 1.29 is 19.4 Å². The fourth-order valence-electron chi connectivity index (χ4n) is 2.50. The molecule has 0 radical (unpaired) electrons. The Hall–Kier alpha value is -2.53. The first-order chi connectivity index (χ1) is 11.9. The second-order valence-corrected chi connectivity index (χ2v) is 6.35. The van der Waals surface area contributed by atoms with E-state index in [-0.39, 0.29) is 18.9 Å². The molecule has 0 bridgehead atoms. The van der Waals surface area contributed by atoms with E-state index < -0.39 is 11.4 Å². The Labute approximate surface area is 151 Å². The summed E-state index contributed by atoms with van der Waals surface area (Å²) in [4.78, 5) is 24.0. The number of benzene rings is 2. The molecule has 1 atom stereocenters. The average molecular weight is 362 g/mol. The van der Waals surface area contributed by atoms with Crippen LogP contribution in [-0.4, -0.2) is 30.6 Å². The standard InChI is InChI=1S/C19H20ClNO4/c1-19(18(23)24,14-6-4-3-5-7-14)12-21-17(22)11-13-10-15(20)8-9-16(13)25-2/h3-10H,11-12H2,1-2H3,(H,21,22)(H,23,24). The van der Waals surface area contributed by atoms with Gasteiger partial charge in [0.05, 0.1) is 13.5 Å². The molecule has 0 aromatic heterocycles. The van der Waals surface area contributed by atoms with E-state index in [1.54, 1.807) is 49.4 Å². The Morgan fingerprint density at radius 1 is 1.20 bits per heavy atom. The van der Waals surface area contributed by atoms with Crippen LogP contribution in [0.1, 0.15) is 18.1 Å². The third kappa shape index (κ3) is 4.51. The van der Waals surface area contributed by atoms with Crippen molar-refractivity contribution in [3.63, 3.8) is 0 Å². The number of hydrogen-bond acceptors (Lipinski definition) is 3. The number of carbonyl (C=O) groups is 2. The highest BCUT2D eigenvalue weighted by Gasteiger charge is 2.35. The normalized spacial score (nSPS) is 12.9. The summed E-state index contributed by atoms with van der Waals surface area (Å²) in [6.45, 7) is 1.57. The van der Waals surface area contributed by atoms with Crippen LogP contribution in [0, 0.1) is 0 Å². The molecule has 0 aliphatic rings. The lowest BCUT2D eigenvalue weighted by Gasteiger charge is -2.25. The first-order valence-electron chi connectivity index (χ1n) is 7.75. The first-order valence-corrected chi connectivity index (χ1v) is 8.12. The molecule has 2 aromatic carbocycles. The number of hydrogen-bond donors (Lipinski definition) is 2. The Kier molecular flexibility index (Phi) is 6.04. The molecule has 1 unspecified atom stereocenters. The second-order valence-electron chi connectivity index (χ2n) is 5.91. The smallest absolute Gasteiger partial charge is 0.315 e. The monoisotopic (exact) mass is 361 g/mol. The lowest BCUT2D eigenvalue weighted by atomic mass is 9.82. The number of carboxylic acids is 1. The molecule has 6 heteroatoms. The van der Waals surface area contributed by atoms with Gasteiger partial charge in [-0.2, -0.15) is 0 Å². The molecular formula is C19H20ClNO4. The van der Waals surface area contributed by atoms with Gasteiger partial charge in [-0.3, -0.25) is 9.59 Å². The molecule has 0 fully saturated rings. The number of amides is 1. The number of halogens is 1. The topological polar surface area (TPSA) is 75.6 Å². The molecule has 0 saturated heterocycles. The molecule has 0 saturated carbocycles. The zero-order valence-electron chi connectivity index (χ0n) is 14.1. The van der Waals surface area contributed by atoms with Gasteiger partial charge in [0.25, 0.3) is 0 Å². The van der Waals surface area contributed by atoms with Crippen LogP contribution in [0.25, 0.3) is 0 Å². The minimum absolute atomic E-state index is 0.0198. The quantitative estimate of drug-likeness (QED) is 0.794. The summed E-state index contributed by atoms with van der Waals surface area (Å²) in [6.07, 6.45) is 0.0498. The maximum atomic E-state index is 12.3. The summed E-state index contributed by atoms with van der Waals surface area (Å²) < 4.78 is 5.22. The van der Waals surface area contributed by atoms with Crippen LogP contribution < -0.4 is 10.1 Å². The largest absolute Gasteiger partial charge is 0.496 e. The van der Waals surface area contributed by atoms with Gasteiger partial charge in [0.15, 0.2) is 0 Å². The molecule has 2 N–H and O–H groups in total. The predicted molar refractivity (Wildman–Crippen MR) is 96.1 cm³/mol. The van der Waals surface area contributed by atoms with Crippen LogP contribution in [0.15, 0.2) is 48.5 Å². The van der Waals surface area contributed by atoms with Gasteiger partial charge >= 0.3 is 5.97 Å². The molecule has 0 spiro atoms. The van der Waals surface area contributed by atoms with E-state index in [2.05, 4.69) is 5.32 Å². The molecular weight excluding hydrogens is 342 g/mol. The van der Waals surface area contributed by atoms with Crippen molar-refractivity contribution in [2.24, 2.45) is 0 Å². The van der Waals surface area contributed by atoms with Crippen molar-refractivity contribution in [1.82, 2.24) is 5.32 Å². The number of aliphatic carboxylic acids is 1. The highest BCUT2D eigenvalue weighted by molar-refractivity contribution is 6.30. The third-order valence-electron chi connectivity index (χ3n) is 4.12. The number of rotatable bonds is 7. The minimum Gasteiger partial charge on any atom is -0.496 e. The Bertz CT molecular complexity index is 763. The predicted octanol–water partition coefficient (Wildman–Crippen LogP) is 3.05. The van der Waals surface area contributed by atoms with Gasteiger partial charge in [-0.1, -0.05) is 41.9 Å². The van der Waals surface area contributed by atoms with Gasteiger partial charge < -0.3 is 15.2 Å². The molecule has 0 aliphatic heterocycles. The van der Waals surface area contributed by atoms with Crippen molar-refractivity contribution in [1.29, 1.82) is 0 Å². The molecule has 132 valence electrons. The van der Waals surface area contributed by atoms with E-state index >= 15 is 0 Å². The van der Waals surface area contributed by atoms with Gasteiger partial charge in [0, 0.05) is 17.1 Å². The zero-order valence-corrected chi connectivity index (χ0v) is 14.8. The number of carboxylic acid groups (broad SMARTS) is 1. The van der Waals surface area contributed by atoms with Crippen molar-refractivity contribution in [3.05, 3.63) is 64.7 Å². The van der Waals surface area contributed by atoms with Crippen molar-refractivity contribution >= 4 is 23.5 Å². The fourth-order valence-corrected chi connectivity index (χ4v) is 2.70. The van der Waals surface area contributed by atoms with Crippen LogP contribution in [0.2, 0.25) is 5.02 Å². The highest BCUT2D eigenvalue weighted by Crippen LogP contribution is 2.25. The maximum absolute atomic E-state index is 12.3. The van der Waals surface area contributed by atoms with Crippen LogP contribution in [0.3, 0.4) is 0 Å². The number of nitrogens with one attached hydrogen (secondary N) is 1. The molecule has 0 aliphatic carbocycles. The van der Waals surface area contributed by atoms with E-state index in [0.29, 0.717) is 21.9 Å². The molecule has 5 nitrogen and oxygen atoms in total. The lowest BCUT2D eigenvalue weighted by molar-refractivity contribution is -0.143. The SMILES string of the molecule is COc1ccc(Cl)cc1CC(=O)NCC(C)(C(=O)O)c1ccccc1. The van der Waals surface area contributed by atoms with Crippen LogP contribution in [-0.2, 0) is 21.4 Å². The summed E-state index contributed by atoms with van der Waals surface area (Å²) in [5.41, 5.74) is 0.0578. The number of carbonyl (C=O) groups excluding carboxylic acids is 1. The molecule has 0 heterocycles. The Balaban J connectivity index is 2.10.